The molecule has 128 valence electrons. The van der Waals surface area contributed by atoms with Gasteiger partial charge in [0, 0.05) is 31.5 Å². The molecule has 0 radical (unpaired) electrons. The summed E-state index contributed by atoms with van der Waals surface area (Å²) in [5, 5.41) is 2.59. The number of rotatable bonds is 6. The SMILES string of the molecule is CSc1ccc(CN(C)C(=O)CCNC(=O)OC(C)(C)C)cc1. The normalized spacial score (nSPS) is 11.0. The highest BCUT2D eigenvalue weighted by Crippen LogP contribution is 2.15. The number of carbonyl (C=O) groups excluding carboxylic acids is 2. The molecule has 1 rings (SSSR count). The van der Waals surface area contributed by atoms with Crippen molar-refractivity contribution >= 4 is 23.8 Å². The molecule has 0 aromatic heterocycles. The second-order valence-electron chi connectivity index (χ2n) is 6.28. The first-order chi connectivity index (χ1) is 10.7. The Morgan fingerprint density at radius 3 is 2.35 bits per heavy atom. The predicted octanol–water partition coefficient (Wildman–Crippen LogP) is 3.28. The minimum absolute atomic E-state index is 0.0185. The van der Waals surface area contributed by atoms with Gasteiger partial charge < -0.3 is 15.0 Å². The second-order valence-corrected chi connectivity index (χ2v) is 7.16. The highest BCUT2D eigenvalue weighted by molar-refractivity contribution is 7.98. The Morgan fingerprint density at radius 2 is 1.83 bits per heavy atom. The molecule has 0 bridgehead atoms. The standard InChI is InChI=1S/C17H26N2O3S/c1-17(2,3)22-16(21)18-11-10-15(20)19(4)12-13-6-8-14(23-5)9-7-13/h6-9H,10-12H2,1-5H3,(H,18,21). The van der Waals surface area contributed by atoms with E-state index < -0.39 is 11.7 Å². The molecule has 23 heavy (non-hydrogen) atoms. The molecule has 0 unspecified atom stereocenters. The van der Waals surface area contributed by atoms with E-state index >= 15 is 0 Å². The Labute approximate surface area is 142 Å². The molecule has 0 spiro atoms. The van der Waals surface area contributed by atoms with Crippen LogP contribution in [0.1, 0.15) is 32.8 Å². The Balaban J connectivity index is 2.34. The quantitative estimate of drug-likeness (QED) is 0.809. The first-order valence-corrected chi connectivity index (χ1v) is 8.77. The zero-order valence-corrected chi connectivity index (χ0v) is 15.3. The third kappa shape index (κ3) is 7.93. The topological polar surface area (TPSA) is 58.6 Å². The third-order valence-electron chi connectivity index (χ3n) is 3.01. The summed E-state index contributed by atoms with van der Waals surface area (Å²) in [7, 11) is 1.76. The minimum Gasteiger partial charge on any atom is -0.444 e. The van der Waals surface area contributed by atoms with Crippen molar-refractivity contribution in [3.8, 4) is 0 Å². The Hall–Kier alpha value is -1.69. The highest BCUT2D eigenvalue weighted by Gasteiger charge is 2.16. The van der Waals surface area contributed by atoms with E-state index in [1.54, 1.807) is 44.5 Å². The number of thioether (sulfide) groups is 1. The van der Waals surface area contributed by atoms with Gasteiger partial charge in [-0.2, -0.15) is 0 Å². The van der Waals surface area contributed by atoms with Crippen LogP contribution in [0.5, 0.6) is 0 Å². The maximum atomic E-state index is 12.1. The molecule has 0 atom stereocenters. The van der Waals surface area contributed by atoms with Crippen molar-refractivity contribution in [1.82, 2.24) is 10.2 Å². The number of carbonyl (C=O) groups is 2. The van der Waals surface area contributed by atoms with Crippen molar-refractivity contribution in [1.29, 1.82) is 0 Å². The van der Waals surface area contributed by atoms with Crippen LogP contribution in [0.4, 0.5) is 4.79 Å². The predicted molar refractivity (Wildman–Crippen MR) is 93.6 cm³/mol. The summed E-state index contributed by atoms with van der Waals surface area (Å²) < 4.78 is 5.12. The monoisotopic (exact) mass is 338 g/mol. The van der Waals surface area contributed by atoms with Crippen molar-refractivity contribution in [3.05, 3.63) is 29.8 Å². The fourth-order valence-electron chi connectivity index (χ4n) is 1.87. The summed E-state index contributed by atoms with van der Waals surface area (Å²) in [6, 6.07) is 8.13. The molecule has 5 nitrogen and oxygen atoms in total. The molecule has 0 saturated heterocycles. The number of benzene rings is 1. The summed E-state index contributed by atoms with van der Waals surface area (Å²) in [5.74, 6) is -0.0185. The fraction of sp³-hybridized carbons (Fsp3) is 0.529. The van der Waals surface area contributed by atoms with Gasteiger partial charge in [-0.15, -0.1) is 11.8 Å². The molecular formula is C17H26N2O3S. The van der Waals surface area contributed by atoms with Gasteiger partial charge in [0.2, 0.25) is 5.91 Å². The van der Waals surface area contributed by atoms with Crippen LogP contribution in [-0.4, -0.2) is 42.3 Å². The van der Waals surface area contributed by atoms with Crippen LogP contribution < -0.4 is 5.32 Å². The van der Waals surface area contributed by atoms with Crippen LogP contribution in [0.2, 0.25) is 0 Å². The smallest absolute Gasteiger partial charge is 0.407 e. The van der Waals surface area contributed by atoms with E-state index in [0.717, 1.165) is 5.56 Å². The Kier molecular flexibility index (Phi) is 7.42. The minimum atomic E-state index is -0.534. The van der Waals surface area contributed by atoms with Gasteiger partial charge in [-0.3, -0.25) is 4.79 Å². The van der Waals surface area contributed by atoms with Crippen molar-refractivity contribution in [3.63, 3.8) is 0 Å². The summed E-state index contributed by atoms with van der Waals surface area (Å²) in [6.45, 7) is 6.22. The number of nitrogens with one attached hydrogen (secondary N) is 1. The molecule has 2 amide bonds. The molecule has 0 fully saturated rings. The van der Waals surface area contributed by atoms with Crippen LogP contribution in [0.25, 0.3) is 0 Å². The summed E-state index contributed by atoms with van der Waals surface area (Å²) in [4.78, 5) is 26.4. The van der Waals surface area contributed by atoms with Crippen molar-refractivity contribution in [2.45, 2.75) is 44.2 Å². The Bertz CT molecular complexity index is 524. The maximum absolute atomic E-state index is 12.1. The number of amides is 2. The Morgan fingerprint density at radius 1 is 1.22 bits per heavy atom. The molecule has 0 saturated carbocycles. The van der Waals surface area contributed by atoms with Crippen molar-refractivity contribution < 1.29 is 14.3 Å². The van der Waals surface area contributed by atoms with Gasteiger partial charge >= 0.3 is 6.09 Å². The van der Waals surface area contributed by atoms with Crippen LogP contribution in [0.15, 0.2) is 29.2 Å². The van der Waals surface area contributed by atoms with Crippen LogP contribution in [-0.2, 0) is 16.1 Å². The first-order valence-electron chi connectivity index (χ1n) is 7.55. The van der Waals surface area contributed by atoms with Gasteiger partial charge in [-0.05, 0) is 44.7 Å². The molecular weight excluding hydrogens is 312 g/mol. The zero-order chi connectivity index (χ0) is 17.5. The van der Waals surface area contributed by atoms with Crippen LogP contribution >= 0.6 is 11.8 Å². The van der Waals surface area contributed by atoms with Gasteiger partial charge in [0.05, 0.1) is 0 Å². The number of alkyl carbamates (subject to hydrolysis) is 1. The molecule has 0 aliphatic rings. The summed E-state index contributed by atoms with van der Waals surface area (Å²) in [6.07, 6.45) is 1.78. The van der Waals surface area contributed by atoms with E-state index in [-0.39, 0.29) is 18.9 Å². The molecule has 0 heterocycles. The molecule has 1 aromatic carbocycles. The maximum Gasteiger partial charge on any atom is 0.407 e. The van der Waals surface area contributed by atoms with E-state index in [0.29, 0.717) is 6.54 Å². The number of hydrogen-bond acceptors (Lipinski definition) is 4. The second kappa shape index (κ2) is 8.82. The van der Waals surface area contributed by atoms with Gasteiger partial charge in [0.25, 0.3) is 0 Å². The average Bonchev–Trinajstić information content (AvgIpc) is 2.46. The summed E-state index contributed by atoms with van der Waals surface area (Å²) >= 11 is 1.69. The summed E-state index contributed by atoms with van der Waals surface area (Å²) in [5.41, 5.74) is 0.548. The van der Waals surface area contributed by atoms with Crippen LogP contribution in [0.3, 0.4) is 0 Å². The number of hydrogen-bond donors (Lipinski definition) is 1. The lowest BCUT2D eigenvalue weighted by Gasteiger charge is -2.20. The van der Waals surface area contributed by atoms with E-state index in [1.165, 1.54) is 4.90 Å². The fourth-order valence-corrected chi connectivity index (χ4v) is 2.28. The van der Waals surface area contributed by atoms with E-state index in [9.17, 15) is 9.59 Å². The number of ether oxygens (including phenoxy) is 1. The molecule has 6 heteroatoms. The lowest BCUT2D eigenvalue weighted by atomic mass is 10.2. The lowest BCUT2D eigenvalue weighted by molar-refractivity contribution is -0.130. The van der Waals surface area contributed by atoms with Gasteiger partial charge in [0.15, 0.2) is 0 Å². The average molecular weight is 338 g/mol. The largest absolute Gasteiger partial charge is 0.444 e. The van der Waals surface area contributed by atoms with E-state index in [2.05, 4.69) is 5.32 Å². The van der Waals surface area contributed by atoms with Crippen molar-refractivity contribution in [2.24, 2.45) is 0 Å². The van der Waals surface area contributed by atoms with Crippen molar-refractivity contribution in [2.75, 3.05) is 19.8 Å². The van der Waals surface area contributed by atoms with Crippen LogP contribution in [0, 0.1) is 0 Å². The number of nitrogens with zero attached hydrogens (tertiary/aromatic N) is 1. The zero-order valence-electron chi connectivity index (χ0n) is 14.5. The molecule has 0 aliphatic heterocycles. The van der Waals surface area contributed by atoms with Gasteiger partial charge in [-0.25, -0.2) is 4.79 Å². The molecule has 0 aliphatic carbocycles. The molecule has 1 N–H and O–H groups in total. The lowest BCUT2D eigenvalue weighted by Crippen LogP contribution is -2.35. The van der Waals surface area contributed by atoms with Gasteiger partial charge in [-0.1, -0.05) is 12.1 Å². The molecule has 1 aromatic rings. The van der Waals surface area contributed by atoms with E-state index in [4.69, 9.17) is 4.74 Å². The first kappa shape index (κ1) is 19.4. The van der Waals surface area contributed by atoms with E-state index in [1.807, 2.05) is 30.5 Å². The highest BCUT2D eigenvalue weighted by atomic mass is 32.2. The third-order valence-corrected chi connectivity index (χ3v) is 3.76. The van der Waals surface area contributed by atoms with Gasteiger partial charge in [0.1, 0.15) is 5.60 Å².